The molecule has 3 N–H and O–H groups in total. The van der Waals surface area contributed by atoms with E-state index in [1.807, 2.05) is 0 Å². The third kappa shape index (κ3) is 3.48. The minimum absolute atomic E-state index is 0.00115. The fourth-order valence-corrected chi connectivity index (χ4v) is 3.18. The lowest BCUT2D eigenvalue weighted by Gasteiger charge is -2.43. The molecule has 0 radical (unpaired) electrons. The number of piperazine rings is 1. The van der Waals surface area contributed by atoms with E-state index in [0.29, 0.717) is 0 Å². The number of hydrogen-bond donors (Lipinski definition) is 2. The molecule has 0 bridgehead atoms. The van der Waals surface area contributed by atoms with Gasteiger partial charge in [0.05, 0.1) is 5.75 Å². The van der Waals surface area contributed by atoms with Gasteiger partial charge < -0.3 is 10.6 Å². The number of nitrogens with zero attached hydrogens (tertiary/aromatic N) is 1. The Bertz CT molecular complexity index is 719. The van der Waals surface area contributed by atoms with E-state index in [2.05, 4.69) is 5.32 Å². The minimum Gasteiger partial charge on any atom is -0.399 e. The molecule has 0 aliphatic carbocycles. The van der Waals surface area contributed by atoms with Gasteiger partial charge in [-0.3, -0.25) is 10.1 Å². The fraction of sp³-hybridized carbons (Fsp3) is 0.500. The first kappa shape index (κ1) is 18.5. The molecule has 24 heavy (non-hydrogen) atoms. The Morgan fingerprint density at radius 3 is 2.38 bits per heavy atom. The van der Waals surface area contributed by atoms with E-state index < -0.39 is 33.2 Å². The first-order valence-electron chi connectivity index (χ1n) is 7.12. The van der Waals surface area contributed by atoms with Crippen LogP contribution in [0.2, 0.25) is 0 Å². The maximum Gasteiger partial charge on any atom is 0.419 e. The van der Waals surface area contributed by atoms with Gasteiger partial charge in [-0.25, -0.2) is 8.42 Å². The van der Waals surface area contributed by atoms with E-state index in [-0.39, 0.29) is 30.9 Å². The lowest BCUT2D eigenvalue weighted by atomic mass is 9.85. The zero-order valence-electron chi connectivity index (χ0n) is 12.9. The first-order chi connectivity index (χ1) is 11.0. The molecule has 1 aliphatic heterocycles. The lowest BCUT2D eigenvalue weighted by Crippen LogP contribution is -2.69. The largest absolute Gasteiger partial charge is 0.419 e. The number of carbonyl (C=O) groups excluding carboxylic acids is 1. The van der Waals surface area contributed by atoms with E-state index in [1.54, 1.807) is 0 Å². The van der Waals surface area contributed by atoms with Crippen LogP contribution in [0.15, 0.2) is 24.3 Å². The number of benzene rings is 1. The molecule has 0 spiro atoms. The van der Waals surface area contributed by atoms with Crippen molar-refractivity contribution in [1.29, 1.82) is 0 Å². The molecule has 1 atom stereocenters. The molecule has 1 fully saturated rings. The summed E-state index contributed by atoms with van der Waals surface area (Å²) < 4.78 is 64.0. The van der Waals surface area contributed by atoms with Gasteiger partial charge in [0.25, 0.3) is 5.91 Å². The van der Waals surface area contributed by atoms with Crippen molar-refractivity contribution in [2.24, 2.45) is 0 Å². The molecular weight excluding hydrogens is 347 g/mol. The third-order valence-corrected chi connectivity index (χ3v) is 4.80. The summed E-state index contributed by atoms with van der Waals surface area (Å²) in [6, 6.07) is 4.86. The average Bonchev–Trinajstić information content (AvgIpc) is 2.45. The summed E-state index contributed by atoms with van der Waals surface area (Å²) in [7, 11) is -3.40. The molecule has 2 rings (SSSR count). The summed E-state index contributed by atoms with van der Waals surface area (Å²) in [5.74, 6) is -1.61. The highest BCUT2D eigenvalue weighted by Crippen LogP contribution is 2.42. The summed E-state index contributed by atoms with van der Waals surface area (Å²) in [6.07, 6.45) is -3.93. The normalized spacial score (nSPS) is 22.7. The fourth-order valence-electron chi connectivity index (χ4n) is 2.63. The highest BCUT2D eigenvalue weighted by Gasteiger charge is 2.63. The van der Waals surface area contributed by atoms with Crippen LogP contribution in [-0.2, 0) is 20.2 Å². The number of nitrogen functional groups attached to an aromatic ring is 1. The zero-order valence-corrected chi connectivity index (χ0v) is 13.7. The first-order valence-corrected chi connectivity index (χ1v) is 9.18. The van der Waals surface area contributed by atoms with E-state index in [4.69, 9.17) is 5.73 Å². The van der Waals surface area contributed by atoms with Crippen molar-refractivity contribution in [2.45, 2.75) is 11.7 Å². The third-order valence-electron chi connectivity index (χ3n) is 3.88. The Morgan fingerprint density at radius 2 is 1.88 bits per heavy atom. The van der Waals surface area contributed by atoms with E-state index in [0.717, 1.165) is 23.3 Å². The van der Waals surface area contributed by atoms with Crippen LogP contribution in [0, 0.1) is 0 Å². The van der Waals surface area contributed by atoms with Crippen LogP contribution in [0.4, 0.5) is 18.9 Å². The Labute approximate surface area is 137 Å². The molecule has 1 unspecified atom stereocenters. The molecule has 1 aliphatic rings. The topological polar surface area (TPSA) is 92.5 Å². The molecule has 0 saturated carbocycles. The number of anilines is 1. The number of rotatable bonds is 4. The SMILES string of the molecule is CS(=O)(=O)CCN1CCNC(c2ccc(N)cc2)(C(F)(F)F)C1=O. The lowest BCUT2D eigenvalue weighted by molar-refractivity contribution is -0.214. The average molecular weight is 365 g/mol. The van der Waals surface area contributed by atoms with Gasteiger partial charge in [-0.15, -0.1) is 0 Å². The van der Waals surface area contributed by atoms with E-state index >= 15 is 0 Å². The summed E-state index contributed by atoms with van der Waals surface area (Å²) in [4.78, 5) is 13.5. The number of nitrogens with two attached hydrogens (primary N) is 1. The molecule has 0 aromatic heterocycles. The van der Waals surface area contributed by atoms with Crippen LogP contribution < -0.4 is 11.1 Å². The Hall–Kier alpha value is -1.81. The van der Waals surface area contributed by atoms with E-state index in [1.165, 1.54) is 12.1 Å². The second-order valence-electron chi connectivity index (χ2n) is 5.72. The van der Waals surface area contributed by atoms with Crippen molar-refractivity contribution < 1.29 is 26.4 Å². The number of alkyl halides is 3. The Morgan fingerprint density at radius 1 is 1.29 bits per heavy atom. The highest BCUT2D eigenvalue weighted by atomic mass is 32.2. The van der Waals surface area contributed by atoms with Gasteiger partial charge in [-0.1, -0.05) is 12.1 Å². The summed E-state index contributed by atoms with van der Waals surface area (Å²) in [6.45, 7) is -0.396. The summed E-state index contributed by atoms with van der Waals surface area (Å²) in [5, 5.41) is 2.28. The molecular formula is C14H18F3N3O3S. The molecule has 1 amide bonds. The summed E-state index contributed by atoms with van der Waals surface area (Å²) >= 11 is 0. The second kappa shape index (κ2) is 6.25. The molecule has 1 saturated heterocycles. The number of carbonyl (C=O) groups is 1. The van der Waals surface area contributed by atoms with Gasteiger partial charge in [0.15, 0.2) is 0 Å². The molecule has 1 aromatic rings. The van der Waals surface area contributed by atoms with E-state index in [9.17, 15) is 26.4 Å². The quantitative estimate of drug-likeness (QED) is 0.759. The molecule has 10 heteroatoms. The van der Waals surface area contributed by atoms with Crippen molar-refractivity contribution in [2.75, 3.05) is 37.4 Å². The summed E-state index contributed by atoms with van der Waals surface area (Å²) in [5.41, 5.74) is 2.59. The number of hydrogen-bond acceptors (Lipinski definition) is 5. The van der Waals surface area contributed by atoms with Gasteiger partial charge in [0.1, 0.15) is 9.84 Å². The van der Waals surface area contributed by atoms with Crippen LogP contribution >= 0.6 is 0 Å². The molecule has 134 valence electrons. The number of sulfone groups is 1. The zero-order chi connectivity index (χ0) is 18.2. The van der Waals surface area contributed by atoms with Gasteiger partial charge in [0.2, 0.25) is 5.54 Å². The second-order valence-corrected chi connectivity index (χ2v) is 7.98. The number of amides is 1. The van der Waals surface area contributed by atoms with Crippen LogP contribution in [0.3, 0.4) is 0 Å². The van der Waals surface area contributed by atoms with Crippen molar-refractivity contribution >= 4 is 21.4 Å². The van der Waals surface area contributed by atoms with Gasteiger partial charge in [-0.2, -0.15) is 13.2 Å². The Kier molecular flexibility index (Phi) is 4.82. The highest BCUT2D eigenvalue weighted by molar-refractivity contribution is 7.90. The number of halogens is 3. The van der Waals surface area contributed by atoms with Crippen LogP contribution in [-0.4, -0.2) is 57.0 Å². The molecule has 1 aromatic carbocycles. The predicted molar refractivity (Wildman–Crippen MR) is 82.9 cm³/mol. The van der Waals surface area contributed by atoms with Gasteiger partial charge in [-0.05, 0) is 17.7 Å². The number of nitrogens with one attached hydrogen (secondary N) is 1. The van der Waals surface area contributed by atoms with Crippen molar-refractivity contribution in [1.82, 2.24) is 10.2 Å². The predicted octanol–water partition coefficient (Wildman–Crippen LogP) is 0.503. The smallest absolute Gasteiger partial charge is 0.399 e. The standard InChI is InChI=1S/C14H18F3N3O3S/c1-24(22,23)9-8-20-7-6-19-13(12(20)21,14(15,16)17)10-2-4-11(18)5-3-10/h2-5,19H,6-9,18H2,1H3. The minimum atomic E-state index is -4.90. The van der Waals surface area contributed by atoms with Crippen molar-refractivity contribution in [3.8, 4) is 0 Å². The van der Waals surface area contributed by atoms with Crippen LogP contribution in [0.1, 0.15) is 5.56 Å². The maximum absolute atomic E-state index is 13.8. The molecule has 6 nitrogen and oxygen atoms in total. The molecule has 1 heterocycles. The monoisotopic (exact) mass is 365 g/mol. The van der Waals surface area contributed by atoms with Crippen molar-refractivity contribution in [3.63, 3.8) is 0 Å². The Balaban J connectivity index is 2.43. The maximum atomic E-state index is 13.8. The van der Waals surface area contributed by atoms with Gasteiger partial charge >= 0.3 is 6.18 Å². The van der Waals surface area contributed by atoms with Crippen LogP contribution in [0.5, 0.6) is 0 Å². The van der Waals surface area contributed by atoms with Crippen molar-refractivity contribution in [3.05, 3.63) is 29.8 Å². The van der Waals surface area contributed by atoms with Crippen LogP contribution in [0.25, 0.3) is 0 Å². The van der Waals surface area contributed by atoms with Gasteiger partial charge in [0, 0.05) is 31.6 Å².